The first-order chi connectivity index (χ1) is 27.6. The van der Waals surface area contributed by atoms with Crippen LogP contribution < -0.4 is 4.74 Å². The number of hydrogen-bond acceptors (Lipinski definition) is 3. The molecule has 0 fully saturated rings. The van der Waals surface area contributed by atoms with Crippen LogP contribution in [0, 0.1) is 32.9 Å². The van der Waals surface area contributed by atoms with Crippen LogP contribution >= 0.6 is 0 Å². The molecule has 4 aromatic heterocycles. The van der Waals surface area contributed by atoms with E-state index in [4.69, 9.17) is 14.8 Å². The largest absolute Gasteiger partial charge is 2.00 e. The van der Waals surface area contributed by atoms with Crippen molar-refractivity contribution in [2.75, 3.05) is 0 Å². The minimum atomic E-state index is -0.0568. The fraction of sp³-hybridized carbons (Fsp3) is 0.137. The number of hydrogen-bond donors (Lipinski definition) is 0. The van der Waals surface area contributed by atoms with Crippen LogP contribution in [-0.2, 0) is 26.5 Å². The van der Waals surface area contributed by atoms with Crippen molar-refractivity contribution in [1.29, 1.82) is 0 Å². The SMILES string of the molecule is Cc1cc(C)c(-c2ccn(-c3[c-]c(Oc4[c-]c5c(cc4)c4c6c7ccccc7n(-c7ccccc7)c6ccc4n5-c4cc(C(C)(C)C)ccn4)ccc3)n2)c(C)c1.[Pt+2]. The minimum absolute atomic E-state index is 0. The standard InChI is InChI=1S/C51H41N5O.Pt/c1-32-27-33(2)48(34(3)28-32)42-24-26-54(53-42)37-15-12-16-38(30-37)57-39-19-20-41-46(31-39)56(47-29-35(23-25-52-47)51(4,5)6)45-22-21-44-49(50(41)45)40-17-10-11-18-43(40)55(44)36-13-8-7-9-14-36;/h7-29H,1-6H3;/q-2;+2. The van der Waals surface area contributed by atoms with Gasteiger partial charge in [-0.15, -0.1) is 35.7 Å². The molecule has 286 valence electrons. The van der Waals surface area contributed by atoms with Gasteiger partial charge in [0.25, 0.3) is 0 Å². The van der Waals surface area contributed by atoms with Crippen LogP contribution in [0.5, 0.6) is 11.5 Å². The van der Waals surface area contributed by atoms with Crippen LogP contribution in [0.4, 0.5) is 0 Å². The van der Waals surface area contributed by atoms with Crippen LogP contribution in [0.1, 0.15) is 43.0 Å². The van der Waals surface area contributed by atoms with Crippen LogP contribution in [0.2, 0.25) is 0 Å². The third kappa shape index (κ3) is 6.24. The molecule has 10 aromatic rings. The molecule has 0 unspecified atom stereocenters. The summed E-state index contributed by atoms with van der Waals surface area (Å²) in [6.07, 6.45) is 3.89. The fourth-order valence-corrected chi connectivity index (χ4v) is 8.55. The molecular weight excluding hydrogens is 894 g/mol. The van der Waals surface area contributed by atoms with E-state index in [1.165, 1.54) is 33.0 Å². The molecule has 0 aliphatic rings. The van der Waals surface area contributed by atoms with E-state index in [9.17, 15) is 0 Å². The Labute approximate surface area is 352 Å². The van der Waals surface area contributed by atoms with Crippen molar-refractivity contribution in [2.24, 2.45) is 0 Å². The molecule has 0 aliphatic carbocycles. The van der Waals surface area contributed by atoms with Crippen molar-refractivity contribution < 1.29 is 25.8 Å². The van der Waals surface area contributed by atoms with Crippen LogP contribution in [0.15, 0.2) is 140 Å². The summed E-state index contributed by atoms with van der Waals surface area (Å²) in [4.78, 5) is 4.97. The van der Waals surface area contributed by atoms with E-state index >= 15 is 0 Å². The number of benzene rings is 6. The van der Waals surface area contributed by atoms with Gasteiger partial charge in [-0.3, -0.25) is 4.68 Å². The van der Waals surface area contributed by atoms with E-state index in [1.807, 2.05) is 41.3 Å². The number of rotatable bonds is 6. The molecule has 6 nitrogen and oxygen atoms in total. The van der Waals surface area contributed by atoms with Gasteiger partial charge in [0.15, 0.2) is 0 Å². The van der Waals surface area contributed by atoms with Crippen LogP contribution in [0.3, 0.4) is 0 Å². The average molecular weight is 935 g/mol. The normalized spacial score (nSPS) is 11.8. The van der Waals surface area contributed by atoms with Gasteiger partial charge in [-0.05, 0) is 102 Å². The Morgan fingerprint density at radius 3 is 2.10 bits per heavy atom. The molecule has 10 rings (SSSR count). The zero-order valence-electron chi connectivity index (χ0n) is 33.2. The van der Waals surface area contributed by atoms with Crippen molar-refractivity contribution in [2.45, 2.75) is 47.0 Å². The Kier molecular flexibility index (Phi) is 9.21. The first kappa shape index (κ1) is 37.4. The molecular formula is C51H41N5OPt. The van der Waals surface area contributed by atoms with Crippen molar-refractivity contribution in [3.8, 4) is 39.9 Å². The molecule has 7 heteroatoms. The molecule has 58 heavy (non-hydrogen) atoms. The van der Waals surface area contributed by atoms with E-state index in [-0.39, 0.29) is 26.5 Å². The Bertz CT molecular complexity index is 3160. The number of para-hydroxylation sites is 2. The zero-order valence-corrected chi connectivity index (χ0v) is 35.5. The zero-order chi connectivity index (χ0) is 39.0. The van der Waals surface area contributed by atoms with Gasteiger partial charge in [0.05, 0.1) is 16.7 Å². The van der Waals surface area contributed by atoms with Crippen LogP contribution in [0.25, 0.3) is 72.1 Å². The second kappa shape index (κ2) is 14.3. The number of nitrogens with zero attached hydrogens (tertiary/aromatic N) is 5. The van der Waals surface area contributed by atoms with Crippen molar-refractivity contribution in [3.63, 3.8) is 0 Å². The van der Waals surface area contributed by atoms with E-state index in [0.717, 1.165) is 61.3 Å². The molecule has 0 radical (unpaired) electrons. The van der Waals surface area contributed by atoms with Gasteiger partial charge >= 0.3 is 21.1 Å². The molecule has 0 amide bonds. The van der Waals surface area contributed by atoms with Crippen LogP contribution in [-0.4, -0.2) is 23.9 Å². The third-order valence-corrected chi connectivity index (χ3v) is 11.0. The van der Waals surface area contributed by atoms with Crippen molar-refractivity contribution >= 4 is 43.6 Å². The van der Waals surface area contributed by atoms with E-state index in [0.29, 0.717) is 11.5 Å². The molecule has 0 spiro atoms. The maximum absolute atomic E-state index is 6.59. The predicted octanol–water partition coefficient (Wildman–Crippen LogP) is 12.7. The second-order valence-corrected chi connectivity index (χ2v) is 16.0. The monoisotopic (exact) mass is 934 g/mol. The third-order valence-electron chi connectivity index (χ3n) is 11.0. The minimum Gasteiger partial charge on any atom is -0.509 e. The number of aromatic nitrogens is 5. The summed E-state index contributed by atoms with van der Waals surface area (Å²) in [5.41, 5.74) is 13.1. The fourth-order valence-electron chi connectivity index (χ4n) is 8.55. The summed E-state index contributed by atoms with van der Waals surface area (Å²) in [5.74, 6) is 2.00. The van der Waals surface area contributed by atoms with Crippen molar-refractivity contribution in [1.82, 2.24) is 23.9 Å². The summed E-state index contributed by atoms with van der Waals surface area (Å²) in [5, 5.41) is 9.58. The average Bonchev–Trinajstić information content (AvgIpc) is 3.90. The molecule has 0 saturated carbocycles. The van der Waals surface area contributed by atoms with Gasteiger partial charge in [0.1, 0.15) is 5.82 Å². The topological polar surface area (TPSA) is 49.8 Å². The molecule has 0 saturated heterocycles. The molecule has 0 atom stereocenters. The van der Waals surface area contributed by atoms with Gasteiger partial charge in [-0.2, -0.15) is 17.2 Å². The summed E-state index contributed by atoms with van der Waals surface area (Å²) < 4.78 is 13.0. The van der Waals surface area contributed by atoms with Crippen molar-refractivity contribution in [3.05, 3.63) is 174 Å². The maximum atomic E-state index is 6.59. The van der Waals surface area contributed by atoms with Gasteiger partial charge in [-0.1, -0.05) is 80.4 Å². The van der Waals surface area contributed by atoms with Gasteiger partial charge in [0.2, 0.25) is 0 Å². The summed E-state index contributed by atoms with van der Waals surface area (Å²) in [6.45, 7) is 13.1. The number of pyridine rings is 1. The smallest absolute Gasteiger partial charge is 0.509 e. The quantitative estimate of drug-likeness (QED) is 0.156. The van der Waals surface area contributed by atoms with E-state index in [2.05, 4.69) is 166 Å². The van der Waals surface area contributed by atoms with E-state index in [1.54, 1.807) is 0 Å². The first-order valence-corrected chi connectivity index (χ1v) is 19.4. The second-order valence-electron chi connectivity index (χ2n) is 16.0. The summed E-state index contributed by atoms with van der Waals surface area (Å²) in [7, 11) is 0. The van der Waals surface area contributed by atoms with E-state index < -0.39 is 0 Å². The Morgan fingerprint density at radius 2 is 1.33 bits per heavy atom. The number of ether oxygens (including phenoxy) is 1. The maximum Gasteiger partial charge on any atom is 2.00 e. The Hall–Kier alpha value is -6.23. The number of fused-ring (bicyclic) bond motifs is 7. The van der Waals surface area contributed by atoms with Gasteiger partial charge in [0, 0.05) is 51.4 Å². The molecule has 4 heterocycles. The Balaban J connectivity index is 0.00000436. The predicted molar refractivity (Wildman–Crippen MR) is 233 cm³/mol. The molecule has 6 aromatic carbocycles. The van der Waals surface area contributed by atoms with Gasteiger partial charge < -0.3 is 13.9 Å². The first-order valence-electron chi connectivity index (χ1n) is 19.4. The van der Waals surface area contributed by atoms with Gasteiger partial charge in [-0.25, -0.2) is 4.98 Å². The molecule has 0 aliphatic heterocycles. The summed E-state index contributed by atoms with van der Waals surface area (Å²) in [6, 6.07) is 51.7. The molecule has 0 bridgehead atoms. The summed E-state index contributed by atoms with van der Waals surface area (Å²) >= 11 is 0. The number of aryl methyl sites for hydroxylation is 3. The molecule has 0 N–H and O–H groups in total. The Morgan fingerprint density at radius 1 is 0.621 bits per heavy atom.